The molecule has 1 aliphatic carbocycles. The van der Waals surface area contributed by atoms with Crippen LogP contribution in [0.5, 0.6) is 0 Å². The second-order valence-electron chi connectivity index (χ2n) is 6.07. The van der Waals surface area contributed by atoms with E-state index in [1.807, 2.05) is 13.2 Å². The van der Waals surface area contributed by atoms with Crippen molar-refractivity contribution >= 4 is 0 Å². The van der Waals surface area contributed by atoms with Crippen LogP contribution in [0.4, 0.5) is 0 Å². The van der Waals surface area contributed by atoms with Gasteiger partial charge in [-0.3, -0.25) is 4.68 Å². The van der Waals surface area contributed by atoms with E-state index in [1.54, 1.807) is 4.68 Å². The van der Waals surface area contributed by atoms with Gasteiger partial charge in [-0.1, -0.05) is 31.4 Å². The summed E-state index contributed by atoms with van der Waals surface area (Å²) < 4.78 is 7.93. The zero-order valence-corrected chi connectivity index (χ0v) is 13.7. The lowest BCUT2D eigenvalue weighted by molar-refractivity contribution is -0.0173. The summed E-state index contributed by atoms with van der Waals surface area (Å²) in [6.45, 7) is 6.00. The van der Waals surface area contributed by atoms with Gasteiger partial charge >= 0.3 is 0 Å². The molecule has 21 heavy (non-hydrogen) atoms. The highest BCUT2D eigenvalue weighted by Gasteiger charge is 2.31. The van der Waals surface area contributed by atoms with Crippen molar-refractivity contribution in [1.82, 2.24) is 20.3 Å². The number of nitrogens with zero attached hydrogens (tertiary/aromatic N) is 3. The van der Waals surface area contributed by atoms with Gasteiger partial charge < -0.3 is 10.1 Å². The molecule has 1 aromatic heterocycles. The quantitative estimate of drug-likeness (QED) is 0.799. The number of likely N-dealkylation sites (N-methyl/N-ethyl adjacent to an activating group) is 1. The molecule has 2 rings (SSSR count). The molecular weight excluding hydrogens is 264 g/mol. The molecule has 0 aromatic carbocycles. The minimum atomic E-state index is 0.289. The first kappa shape index (κ1) is 16.4. The van der Waals surface area contributed by atoms with Crippen LogP contribution in [0.15, 0.2) is 6.20 Å². The van der Waals surface area contributed by atoms with Crippen LogP contribution in [0, 0.1) is 5.92 Å². The van der Waals surface area contributed by atoms with Crippen LogP contribution in [0.25, 0.3) is 0 Å². The van der Waals surface area contributed by atoms with Crippen molar-refractivity contribution < 1.29 is 4.74 Å². The molecule has 1 heterocycles. The molecule has 5 nitrogen and oxygen atoms in total. The topological polar surface area (TPSA) is 52.0 Å². The Balaban J connectivity index is 2.06. The number of hydrogen-bond donors (Lipinski definition) is 1. The fourth-order valence-corrected chi connectivity index (χ4v) is 3.52. The third-order valence-corrected chi connectivity index (χ3v) is 4.42. The standard InChI is InChI=1S/C16H30N4O/c1-4-17-15(11-14-12-20(3)19-18-14)16(21-5-2)13-9-7-6-8-10-13/h12-13,15-17H,4-11H2,1-3H3. The van der Waals surface area contributed by atoms with Crippen LogP contribution in [0.1, 0.15) is 51.6 Å². The largest absolute Gasteiger partial charge is 0.377 e. The summed E-state index contributed by atoms with van der Waals surface area (Å²) in [6, 6.07) is 0.328. The molecule has 0 radical (unpaired) electrons. The fraction of sp³-hybridized carbons (Fsp3) is 0.875. The van der Waals surface area contributed by atoms with Crippen molar-refractivity contribution in [2.45, 2.75) is 64.5 Å². The summed E-state index contributed by atoms with van der Waals surface area (Å²) in [5, 5.41) is 11.9. The maximum Gasteiger partial charge on any atom is 0.0843 e. The zero-order chi connectivity index (χ0) is 15.1. The number of aryl methyl sites for hydroxylation is 1. The first-order valence-corrected chi connectivity index (χ1v) is 8.44. The molecular formula is C16H30N4O. The smallest absolute Gasteiger partial charge is 0.0843 e. The first-order valence-electron chi connectivity index (χ1n) is 8.44. The predicted molar refractivity (Wildman–Crippen MR) is 84.2 cm³/mol. The van der Waals surface area contributed by atoms with E-state index in [9.17, 15) is 0 Å². The minimum absolute atomic E-state index is 0.289. The third-order valence-electron chi connectivity index (χ3n) is 4.42. The van der Waals surface area contributed by atoms with Crippen LogP contribution in [0.2, 0.25) is 0 Å². The summed E-state index contributed by atoms with van der Waals surface area (Å²) >= 11 is 0. The molecule has 1 aliphatic rings. The summed E-state index contributed by atoms with van der Waals surface area (Å²) in [5.74, 6) is 0.680. The van der Waals surface area contributed by atoms with Crippen molar-refractivity contribution in [3.05, 3.63) is 11.9 Å². The normalized spacial score (nSPS) is 19.6. The second kappa shape index (κ2) is 8.49. The van der Waals surface area contributed by atoms with E-state index >= 15 is 0 Å². The first-order chi connectivity index (χ1) is 10.2. The Morgan fingerprint density at radius 3 is 2.67 bits per heavy atom. The van der Waals surface area contributed by atoms with Gasteiger partial charge in [-0.15, -0.1) is 5.10 Å². The monoisotopic (exact) mass is 294 g/mol. The summed E-state index contributed by atoms with van der Waals surface area (Å²) in [5.41, 5.74) is 1.05. The number of hydrogen-bond acceptors (Lipinski definition) is 4. The summed E-state index contributed by atoms with van der Waals surface area (Å²) in [6.07, 6.45) is 9.86. The molecule has 0 amide bonds. The Labute approximate surface area is 128 Å². The van der Waals surface area contributed by atoms with Gasteiger partial charge in [0, 0.05) is 32.3 Å². The van der Waals surface area contributed by atoms with Gasteiger partial charge in [-0.2, -0.15) is 0 Å². The molecule has 1 saturated carbocycles. The van der Waals surface area contributed by atoms with Gasteiger partial charge in [-0.05, 0) is 32.2 Å². The zero-order valence-electron chi connectivity index (χ0n) is 13.7. The molecule has 5 heteroatoms. The average Bonchev–Trinajstić information content (AvgIpc) is 2.90. The third kappa shape index (κ3) is 4.78. The number of rotatable bonds is 8. The van der Waals surface area contributed by atoms with Crippen LogP contribution in [0.3, 0.4) is 0 Å². The Morgan fingerprint density at radius 2 is 2.10 bits per heavy atom. The SMILES string of the molecule is CCNC(Cc1cn(C)nn1)C(OCC)C1CCCCC1. The molecule has 1 fully saturated rings. The van der Waals surface area contributed by atoms with E-state index in [0.717, 1.165) is 25.3 Å². The number of aromatic nitrogens is 3. The van der Waals surface area contributed by atoms with Gasteiger partial charge in [0.1, 0.15) is 0 Å². The van der Waals surface area contributed by atoms with E-state index in [1.165, 1.54) is 32.1 Å². The van der Waals surface area contributed by atoms with Gasteiger partial charge in [-0.25, -0.2) is 0 Å². The van der Waals surface area contributed by atoms with Crippen molar-refractivity contribution in [1.29, 1.82) is 0 Å². The van der Waals surface area contributed by atoms with E-state index < -0.39 is 0 Å². The molecule has 0 bridgehead atoms. The van der Waals surface area contributed by atoms with Gasteiger partial charge in [0.2, 0.25) is 0 Å². The van der Waals surface area contributed by atoms with E-state index in [4.69, 9.17) is 4.74 Å². The van der Waals surface area contributed by atoms with Crippen LogP contribution < -0.4 is 5.32 Å². The van der Waals surface area contributed by atoms with E-state index in [0.29, 0.717) is 12.0 Å². The highest BCUT2D eigenvalue weighted by Crippen LogP contribution is 2.30. The minimum Gasteiger partial charge on any atom is -0.377 e. The van der Waals surface area contributed by atoms with Gasteiger partial charge in [0.25, 0.3) is 0 Å². The number of nitrogens with one attached hydrogen (secondary N) is 1. The van der Waals surface area contributed by atoms with Crippen molar-refractivity contribution in [3.63, 3.8) is 0 Å². The van der Waals surface area contributed by atoms with Crippen molar-refractivity contribution in [2.24, 2.45) is 13.0 Å². The molecule has 2 atom stereocenters. The lowest BCUT2D eigenvalue weighted by atomic mass is 9.81. The highest BCUT2D eigenvalue weighted by atomic mass is 16.5. The maximum absolute atomic E-state index is 6.16. The van der Waals surface area contributed by atoms with E-state index in [2.05, 4.69) is 29.5 Å². The molecule has 0 saturated heterocycles. The molecule has 2 unspecified atom stereocenters. The lowest BCUT2D eigenvalue weighted by Crippen LogP contribution is -2.47. The lowest BCUT2D eigenvalue weighted by Gasteiger charge is -2.35. The molecule has 1 N–H and O–H groups in total. The Hall–Kier alpha value is -0.940. The maximum atomic E-state index is 6.16. The Morgan fingerprint density at radius 1 is 1.33 bits per heavy atom. The van der Waals surface area contributed by atoms with Gasteiger partial charge in [0.05, 0.1) is 11.8 Å². The second-order valence-corrected chi connectivity index (χ2v) is 6.07. The molecule has 1 aromatic rings. The summed E-state index contributed by atoms with van der Waals surface area (Å²) in [4.78, 5) is 0. The fourth-order valence-electron chi connectivity index (χ4n) is 3.52. The molecule has 0 spiro atoms. The van der Waals surface area contributed by atoms with Gasteiger partial charge in [0.15, 0.2) is 0 Å². The van der Waals surface area contributed by atoms with E-state index in [-0.39, 0.29) is 6.10 Å². The Kier molecular flexibility index (Phi) is 6.64. The molecule has 120 valence electrons. The number of ether oxygens (including phenoxy) is 1. The van der Waals surface area contributed by atoms with Crippen molar-refractivity contribution in [2.75, 3.05) is 13.2 Å². The van der Waals surface area contributed by atoms with Crippen LogP contribution in [-0.2, 0) is 18.2 Å². The van der Waals surface area contributed by atoms with Crippen molar-refractivity contribution in [3.8, 4) is 0 Å². The summed E-state index contributed by atoms with van der Waals surface area (Å²) in [7, 11) is 1.92. The predicted octanol–water partition coefficient (Wildman–Crippen LogP) is 2.32. The average molecular weight is 294 g/mol. The van der Waals surface area contributed by atoms with Crippen LogP contribution in [-0.4, -0.2) is 40.3 Å². The van der Waals surface area contributed by atoms with Crippen LogP contribution >= 0.6 is 0 Å². The highest BCUT2D eigenvalue weighted by molar-refractivity contribution is 4.99. The Bertz CT molecular complexity index is 401. The molecule has 0 aliphatic heterocycles.